The van der Waals surface area contributed by atoms with Crippen LogP contribution in [0.3, 0.4) is 0 Å². The molecule has 280 valence electrons. The van der Waals surface area contributed by atoms with E-state index in [1.54, 1.807) is 0 Å². The predicted octanol–water partition coefficient (Wildman–Crippen LogP) is 13.8. The topological polar surface area (TPSA) is 48.5 Å². The summed E-state index contributed by atoms with van der Waals surface area (Å²) in [7, 11) is 0. The summed E-state index contributed by atoms with van der Waals surface area (Å²) in [6.07, 6.45) is 0. The van der Waals surface area contributed by atoms with E-state index in [2.05, 4.69) is 202 Å². The van der Waals surface area contributed by atoms with Gasteiger partial charge in [0.2, 0.25) is 5.95 Å². The van der Waals surface area contributed by atoms with Gasteiger partial charge in [-0.1, -0.05) is 139 Å². The first-order chi connectivity index (χ1) is 28.0. The number of aromatic nitrogens is 5. The molecule has 0 aliphatic rings. The van der Waals surface area contributed by atoms with Crippen molar-refractivity contribution in [1.29, 1.82) is 0 Å². The minimum absolute atomic E-state index is 0.00749. The summed E-state index contributed by atoms with van der Waals surface area (Å²) in [5, 5.41) is 11.1. The van der Waals surface area contributed by atoms with Crippen LogP contribution in [0.4, 0.5) is 0 Å². The van der Waals surface area contributed by atoms with Gasteiger partial charge in [-0.25, -0.2) is 4.98 Å². The number of rotatable bonds is 2. The van der Waals surface area contributed by atoms with Crippen LogP contribution < -0.4 is 0 Å². The largest absolute Gasteiger partial charge is 0.309 e. The van der Waals surface area contributed by atoms with Crippen molar-refractivity contribution in [3.05, 3.63) is 163 Å². The van der Waals surface area contributed by atoms with Crippen molar-refractivity contribution in [2.75, 3.05) is 0 Å². The lowest BCUT2D eigenvalue weighted by molar-refractivity contribution is 0.590. The highest BCUT2D eigenvalue weighted by Gasteiger charge is 2.23. The van der Waals surface area contributed by atoms with Crippen LogP contribution in [0.2, 0.25) is 0 Å². The summed E-state index contributed by atoms with van der Waals surface area (Å²) in [5.74, 6) is 0.601. The summed E-state index contributed by atoms with van der Waals surface area (Å²) in [6, 6.07) is 55.1. The van der Waals surface area contributed by atoms with E-state index in [9.17, 15) is 0 Å². The Kier molecular flexibility index (Phi) is 7.31. The molecule has 0 N–H and O–H groups in total. The van der Waals surface area contributed by atoms with Crippen LogP contribution in [-0.4, -0.2) is 24.1 Å². The standard InChI is InChI=1S/C53H43N5/c1-52(2,3)33-24-26-46-41(30-33)42-31-34(53(4,5)6)25-27-47(42)58(46)51-55-49-39-21-12-10-18-36(39)32-28-43(37-19-11-13-22-40(37)50(54-49)56-51)48-44(29-32)38-20-14-15-23-45(38)57(48)35-16-8-7-9-17-35/h7-31H,1-6H3. The summed E-state index contributed by atoms with van der Waals surface area (Å²) in [4.78, 5) is 16.2. The van der Waals surface area contributed by atoms with Crippen molar-refractivity contribution in [1.82, 2.24) is 24.1 Å². The van der Waals surface area contributed by atoms with Crippen LogP contribution in [0.5, 0.6) is 0 Å². The summed E-state index contributed by atoms with van der Waals surface area (Å²) >= 11 is 0. The zero-order valence-electron chi connectivity index (χ0n) is 33.7. The second-order valence-corrected chi connectivity index (χ2v) is 17.8. The molecule has 58 heavy (non-hydrogen) atoms. The Labute approximate surface area is 336 Å². The van der Waals surface area contributed by atoms with E-state index in [0.29, 0.717) is 17.2 Å². The van der Waals surface area contributed by atoms with Crippen molar-refractivity contribution in [3.63, 3.8) is 0 Å². The smallest absolute Gasteiger partial charge is 0.238 e. The van der Waals surface area contributed by atoms with E-state index in [0.717, 1.165) is 54.6 Å². The van der Waals surface area contributed by atoms with Crippen LogP contribution >= 0.6 is 0 Å². The SMILES string of the molecule is CC(C)(C)c1ccc2c(c1)c1cc(C(C)(C)C)ccc1n2-c1nc2nc(n1)c1ccccc1c1cc(cc3c4ccccc4n(-c4ccccc4)c13)c1ccccc21. The average molecular weight is 750 g/mol. The quantitative estimate of drug-likeness (QED) is 0.177. The molecular formula is C53H43N5. The Morgan fingerprint density at radius 3 is 1.41 bits per heavy atom. The zero-order chi connectivity index (χ0) is 39.5. The van der Waals surface area contributed by atoms with Gasteiger partial charge in [0, 0.05) is 43.4 Å². The highest BCUT2D eigenvalue weighted by atomic mass is 15.2. The van der Waals surface area contributed by atoms with E-state index in [1.807, 2.05) is 0 Å². The van der Waals surface area contributed by atoms with Gasteiger partial charge in [-0.15, -0.1) is 0 Å². The second kappa shape index (κ2) is 12.3. The van der Waals surface area contributed by atoms with Crippen molar-refractivity contribution in [2.45, 2.75) is 52.4 Å². The lowest BCUT2D eigenvalue weighted by Gasteiger charge is -2.19. The Morgan fingerprint density at radius 1 is 0.362 bits per heavy atom. The van der Waals surface area contributed by atoms with E-state index in [-0.39, 0.29) is 10.8 Å². The monoisotopic (exact) mass is 749 g/mol. The van der Waals surface area contributed by atoms with Gasteiger partial charge in [0.1, 0.15) is 0 Å². The number of para-hydroxylation sites is 2. The third-order valence-corrected chi connectivity index (χ3v) is 12.0. The number of benzene rings is 7. The van der Waals surface area contributed by atoms with Gasteiger partial charge in [-0.3, -0.25) is 4.57 Å². The number of hydrogen-bond donors (Lipinski definition) is 0. The molecule has 0 unspecified atom stereocenters. The van der Waals surface area contributed by atoms with Crippen molar-refractivity contribution >= 4 is 87.2 Å². The minimum atomic E-state index is -0.00749. The zero-order valence-corrected chi connectivity index (χ0v) is 33.7. The summed E-state index contributed by atoms with van der Waals surface area (Å²) in [5.41, 5.74) is 9.45. The fraction of sp³-hybridized carbons (Fsp3) is 0.151. The molecule has 0 aliphatic heterocycles. The lowest BCUT2D eigenvalue weighted by atomic mass is 9.85. The minimum Gasteiger partial charge on any atom is -0.309 e. The van der Waals surface area contributed by atoms with Gasteiger partial charge in [0.15, 0.2) is 11.3 Å². The molecule has 11 aromatic rings. The molecule has 0 atom stereocenters. The van der Waals surface area contributed by atoms with Gasteiger partial charge in [-0.2, -0.15) is 9.97 Å². The molecule has 5 heteroatoms. The van der Waals surface area contributed by atoms with Gasteiger partial charge in [0.05, 0.1) is 22.1 Å². The maximum atomic E-state index is 5.45. The van der Waals surface area contributed by atoms with E-state index < -0.39 is 0 Å². The molecule has 11 rings (SSSR count). The van der Waals surface area contributed by atoms with Crippen molar-refractivity contribution in [2.24, 2.45) is 0 Å². The van der Waals surface area contributed by atoms with Crippen LogP contribution in [0.15, 0.2) is 152 Å². The van der Waals surface area contributed by atoms with E-state index in [1.165, 1.54) is 38.2 Å². The number of fused-ring (bicyclic) bond motifs is 17. The Morgan fingerprint density at radius 2 is 0.828 bits per heavy atom. The molecule has 0 saturated heterocycles. The molecule has 0 saturated carbocycles. The average Bonchev–Trinajstić information content (AvgIpc) is 3.75. The van der Waals surface area contributed by atoms with Crippen molar-refractivity contribution < 1.29 is 0 Å². The molecule has 0 spiro atoms. The molecule has 0 amide bonds. The van der Waals surface area contributed by atoms with Crippen LogP contribution in [-0.2, 0) is 10.8 Å². The van der Waals surface area contributed by atoms with Gasteiger partial charge < -0.3 is 4.57 Å². The third kappa shape index (κ3) is 5.19. The molecular weight excluding hydrogens is 707 g/mol. The number of nitrogens with zero attached hydrogens (tertiary/aromatic N) is 5. The fourth-order valence-electron chi connectivity index (χ4n) is 9.02. The Hall–Kier alpha value is -6.85. The van der Waals surface area contributed by atoms with Crippen LogP contribution in [0.1, 0.15) is 52.7 Å². The van der Waals surface area contributed by atoms with Crippen molar-refractivity contribution in [3.8, 4) is 11.6 Å². The maximum Gasteiger partial charge on any atom is 0.238 e. The van der Waals surface area contributed by atoms with E-state index >= 15 is 0 Å². The predicted molar refractivity (Wildman–Crippen MR) is 245 cm³/mol. The van der Waals surface area contributed by atoms with Gasteiger partial charge in [-0.05, 0) is 92.7 Å². The highest BCUT2D eigenvalue weighted by Crippen LogP contribution is 2.41. The van der Waals surface area contributed by atoms with Crippen LogP contribution in [0.25, 0.3) is 98.9 Å². The number of hydrogen-bond acceptors (Lipinski definition) is 3. The molecule has 0 aliphatic carbocycles. The maximum absolute atomic E-state index is 5.45. The van der Waals surface area contributed by atoms with Gasteiger partial charge in [0.25, 0.3) is 0 Å². The van der Waals surface area contributed by atoms with Gasteiger partial charge >= 0.3 is 0 Å². The fourth-order valence-corrected chi connectivity index (χ4v) is 9.02. The van der Waals surface area contributed by atoms with E-state index in [4.69, 9.17) is 15.0 Å². The molecule has 4 heterocycles. The molecule has 7 aromatic carbocycles. The first-order valence-electron chi connectivity index (χ1n) is 20.2. The molecule has 0 fully saturated rings. The second-order valence-electron chi connectivity index (χ2n) is 17.8. The summed E-state index contributed by atoms with van der Waals surface area (Å²) < 4.78 is 4.66. The van der Waals surface area contributed by atoms with Crippen LogP contribution in [0, 0.1) is 0 Å². The summed E-state index contributed by atoms with van der Waals surface area (Å²) in [6.45, 7) is 13.7. The molecule has 0 radical (unpaired) electrons. The normalized spacial score (nSPS) is 12.7. The molecule has 4 bridgehead atoms. The molecule has 4 aromatic heterocycles. The first-order valence-corrected chi connectivity index (χ1v) is 20.2. The Balaban J connectivity index is 1.34. The lowest BCUT2D eigenvalue weighted by Crippen LogP contribution is -2.10. The third-order valence-electron chi connectivity index (χ3n) is 12.0. The highest BCUT2D eigenvalue weighted by molar-refractivity contribution is 6.24. The first kappa shape index (κ1) is 34.4. The Bertz CT molecular complexity index is 3450. The molecule has 5 nitrogen and oxygen atoms in total.